The summed E-state index contributed by atoms with van der Waals surface area (Å²) in [5.41, 5.74) is 0. The average Bonchev–Trinajstić information content (AvgIpc) is 3.17. The van der Waals surface area contributed by atoms with E-state index in [9.17, 15) is 4.79 Å². The van der Waals surface area contributed by atoms with Crippen LogP contribution in [0.2, 0.25) is 0 Å². The molecule has 6 unspecified atom stereocenters. The number of esters is 1. The molecule has 3 aliphatic rings. The smallest absolute Gasteiger partial charge is 0.308 e. The standard InChI is InChI=1S/C15H24O2/c1-3-9-4-10(9)5-11-6-12(11)7-13-8-14(13)15(16)17-2/h9-14H,3-8H2,1-2H3. The highest BCUT2D eigenvalue weighted by molar-refractivity contribution is 5.75. The topological polar surface area (TPSA) is 26.3 Å². The molecule has 96 valence electrons. The van der Waals surface area contributed by atoms with Crippen LogP contribution in [0.5, 0.6) is 0 Å². The molecule has 0 aromatic heterocycles. The summed E-state index contributed by atoms with van der Waals surface area (Å²) in [6.07, 6.45) is 8.20. The van der Waals surface area contributed by atoms with Crippen LogP contribution in [0.4, 0.5) is 0 Å². The number of carbonyl (C=O) groups is 1. The van der Waals surface area contributed by atoms with E-state index in [0.717, 1.165) is 30.1 Å². The normalized spacial score (nSPS) is 46.5. The molecule has 6 atom stereocenters. The van der Waals surface area contributed by atoms with Crippen molar-refractivity contribution in [1.29, 1.82) is 0 Å². The highest BCUT2D eigenvalue weighted by Crippen LogP contribution is 2.57. The number of methoxy groups -OCH3 is 1. The lowest BCUT2D eigenvalue weighted by molar-refractivity contribution is -0.142. The second kappa shape index (κ2) is 4.29. The molecule has 0 aromatic rings. The number of carbonyl (C=O) groups excluding carboxylic acids is 1. The predicted octanol–water partition coefficient (Wildman–Crippen LogP) is 3.26. The van der Waals surface area contributed by atoms with Gasteiger partial charge in [-0.3, -0.25) is 4.79 Å². The summed E-state index contributed by atoms with van der Waals surface area (Å²) in [7, 11) is 1.51. The van der Waals surface area contributed by atoms with Gasteiger partial charge < -0.3 is 4.74 Å². The monoisotopic (exact) mass is 236 g/mol. The first-order valence-electron chi connectivity index (χ1n) is 7.30. The lowest BCUT2D eigenvalue weighted by Gasteiger charge is -2.00. The van der Waals surface area contributed by atoms with Crippen molar-refractivity contribution in [2.75, 3.05) is 7.11 Å². The van der Waals surface area contributed by atoms with E-state index < -0.39 is 0 Å². The van der Waals surface area contributed by atoms with Crippen molar-refractivity contribution < 1.29 is 9.53 Å². The van der Waals surface area contributed by atoms with E-state index in [1.165, 1.54) is 39.2 Å². The lowest BCUT2D eigenvalue weighted by Crippen LogP contribution is -2.04. The molecule has 2 heteroatoms. The quantitative estimate of drug-likeness (QED) is 0.662. The average molecular weight is 236 g/mol. The van der Waals surface area contributed by atoms with Gasteiger partial charge >= 0.3 is 5.97 Å². The molecule has 17 heavy (non-hydrogen) atoms. The molecule has 0 heterocycles. The van der Waals surface area contributed by atoms with Gasteiger partial charge in [0.1, 0.15) is 0 Å². The fraction of sp³-hybridized carbons (Fsp3) is 0.933. The van der Waals surface area contributed by atoms with Gasteiger partial charge in [-0.05, 0) is 61.7 Å². The Balaban J connectivity index is 1.33. The van der Waals surface area contributed by atoms with Crippen molar-refractivity contribution >= 4 is 5.97 Å². The van der Waals surface area contributed by atoms with Crippen LogP contribution in [0.25, 0.3) is 0 Å². The summed E-state index contributed by atoms with van der Waals surface area (Å²) in [6.45, 7) is 2.32. The second-order valence-corrected chi connectivity index (χ2v) is 6.52. The maximum absolute atomic E-state index is 11.3. The Bertz CT molecular complexity index is 312. The van der Waals surface area contributed by atoms with E-state index in [2.05, 4.69) is 6.92 Å². The molecule has 0 aliphatic heterocycles. The molecule has 0 spiro atoms. The summed E-state index contributed by atoms with van der Waals surface area (Å²) >= 11 is 0. The van der Waals surface area contributed by atoms with E-state index in [1.807, 2.05) is 0 Å². The largest absolute Gasteiger partial charge is 0.469 e. The Morgan fingerprint density at radius 3 is 2.18 bits per heavy atom. The van der Waals surface area contributed by atoms with Gasteiger partial charge in [0.15, 0.2) is 0 Å². The molecule has 0 amide bonds. The number of ether oxygens (including phenoxy) is 1. The highest BCUT2D eigenvalue weighted by atomic mass is 16.5. The molecule has 0 saturated heterocycles. The zero-order chi connectivity index (χ0) is 12.0. The van der Waals surface area contributed by atoms with Crippen molar-refractivity contribution in [2.45, 2.75) is 45.4 Å². The summed E-state index contributed by atoms with van der Waals surface area (Å²) < 4.78 is 4.80. The Kier molecular flexibility index (Phi) is 2.92. The Morgan fingerprint density at radius 2 is 1.59 bits per heavy atom. The van der Waals surface area contributed by atoms with Crippen LogP contribution < -0.4 is 0 Å². The molecular formula is C15H24O2. The first kappa shape index (κ1) is 11.6. The van der Waals surface area contributed by atoms with Gasteiger partial charge in [-0.2, -0.15) is 0 Å². The Morgan fingerprint density at radius 1 is 1.00 bits per heavy atom. The molecule has 0 bridgehead atoms. The number of hydrogen-bond acceptors (Lipinski definition) is 2. The molecule has 0 aromatic carbocycles. The zero-order valence-electron chi connectivity index (χ0n) is 11.0. The van der Waals surface area contributed by atoms with Crippen LogP contribution in [-0.2, 0) is 9.53 Å². The molecule has 0 N–H and O–H groups in total. The van der Waals surface area contributed by atoms with Crippen molar-refractivity contribution in [2.24, 2.45) is 35.5 Å². The van der Waals surface area contributed by atoms with Crippen LogP contribution in [0, 0.1) is 35.5 Å². The van der Waals surface area contributed by atoms with Gasteiger partial charge in [0.2, 0.25) is 0 Å². The summed E-state index contributed by atoms with van der Waals surface area (Å²) in [6, 6.07) is 0. The van der Waals surface area contributed by atoms with E-state index >= 15 is 0 Å². The van der Waals surface area contributed by atoms with Gasteiger partial charge in [-0.1, -0.05) is 13.3 Å². The minimum atomic E-state index is 0.0282. The van der Waals surface area contributed by atoms with Crippen LogP contribution >= 0.6 is 0 Å². The maximum atomic E-state index is 11.3. The van der Waals surface area contributed by atoms with E-state index in [4.69, 9.17) is 4.74 Å². The molecule has 3 fully saturated rings. The minimum Gasteiger partial charge on any atom is -0.469 e. The SMILES string of the molecule is CCC1CC1CC1CC1CC1CC1C(=O)OC. The van der Waals surface area contributed by atoms with E-state index in [0.29, 0.717) is 5.92 Å². The van der Waals surface area contributed by atoms with Gasteiger partial charge in [0.05, 0.1) is 13.0 Å². The molecule has 2 nitrogen and oxygen atoms in total. The third-order valence-electron chi connectivity index (χ3n) is 5.30. The zero-order valence-corrected chi connectivity index (χ0v) is 11.0. The van der Waals surface area contributed by atoms with Crippen LogP contribution in [0.15, 0.2) is 0 Å². The second-order valence-electron chi connectivity index (χ2n) is 6.52. The third kappa shape index (κ3) is 2.51. The lowest BCUT2D eigenvalue weighted by atomic mass is 10.1. The predicted molar refractivity (Wildman–Crippen MR) is 66.3 cm³/mol. The van der Waals surface area contributed by atoms with Gasteiger partial charge in [0.25, 0.3) is 0 Å². The molecule has 3 rings (SSSR count). The third-order valence-corrected chi connectivity index (χ3v) is 5.30. The van der Waals surface area contributed by atoms with Crippen molar-refractivity contribution in [3.63, 3.8) is 0 Å². The van der Waals surface area contributed by atoms with Gasteiger partial charge in [-0.25, -0.2) is 0 Å². The van der Waals surface area contributed by atoms with Crippen molar-refractivity contribution in [1.82, 2.24) is 0 Å². The van der Waals surface area contributed by atoms with Crippen LogP contribution in [0.1, 0.15) is 45.4 Å². The summed E-state index contributed by atoms with van der Waals surface area (Å²) in [5.74, 6) is 5.03. The first-order chi connectivity index (χ1) is 8.22. The Labute approximate surface area is 104 Å². The van der Waals surface area contributed by atoms with Crippen molar-refractivity contribution in [3.8, 4) is 0 Å². The number of rotatable bonds is 6. The summed E-state index contributed by atoms with van der Waals surface area (Å²) in [4.78, 5) is 11.3. The number of hydrogen-bond donors (Lipinski definition) is 0. The first-order valence-corrected chi connectivity index (χ1v) is 7.30. The minimum absolute atomic E-state index is 0.0282. The van der Waals surface area contributed by atoms with Gasteiger partial charge in [0, 0.05) is 0 Å². The fourth-order valence-electron chi connectivity index (χ4n) is 3.71. The maximum Gasteiger partial charge on any atom is 0.308 e. The molecular weight excluding hydrogens is 212 g/mol. The van der Waals surface area contributed by atoms with E-state index in [-0.39, 0.29) is 11.9 Å². The molecule has 0 radical (unpaired) electrons. The van der Waals surface area contributed by atoms with Gasteiger partial charge in [-0.15, -0.1) is 0 Å². The van der Waals surface area contributed by atoms with E-state index in [1.54, 1.807) is 0 Å². The molecule has 3 saturated carbocycles. The molecule has 3 aliphatic carbocycles. The fourth-order valence-corrected chi connectivity index (χ4v) is 3.71. The van der Waals surface area contributed by atoms with Crippen LogP contribution in [0.3, 0.4) is 0 Å². The highest BCUT2D eigenvalue weighted by Gasteiger charge is 2.50. The summed E-state index contributed by atoms with van der Waals surface area (Å²) in [5, 5.41) is 0. The van der Waals surface area contributed by atoms with Crippen LogP contribution in [-0.4, -0.2) is 13.1 Å². The Hall–Kier alpha value is -0.530. The van der Waals surface area contributed by atoms with Crippen molar-refractivity contribution in [3.05, 3.63) is 0 Å².